The van der Waals surface area contributed by atoms with E-state index in [1.807, 2.05) is 31.2 Å². The highest BCUT2D eigenvalue weighted by Gasteiger charge is 2.16. The van der Waals surface area contributed by atoms with E-state index in [4.69, 9.17) is 4.74 Å². The van der Waals surface area contributed by atoms with Gasteiger partial charge in [-0.15, -0.1) is 0 Å². The van der Waals surface area contributed by atoms with Crippen LogP contribution in [-0.4, -0.2) is 17.7 Å². The average Bonchev–Trinajstić information content (AvgIpc) is 2.51. The van der Waals surface area contributed by atoms with Gasteiger partial charge in [0.2, 0.25) is 0 Å². The van der Waals surface area contributed by atoms with Gasteiger partial charge in [0, 0.05) is 24.0 Å². The molecule has 0 bridgehead atoms. The van der Waals surface area contributed by atoms with Gasteiger partial charge in [-0.25, -0.2) is 4.79 Å². The number of allylic oxidation sites excluding steroid dienone is 4. The average molecular weight is 284 g/mol. The third-order valence-electron chi connectivity index (χ3n) is 3.53. The van der Waals surface area contributed by atoms with Crippen LogP contribution < -0.4 is 0 Å². The quantitative estimate of drug-likeness (QED) is 0.664. The van der Waals surface area contributed by atoms with Gasteiger partial charge in [0.15, 0.2) is 0 Å². The Labute approximate surface area is 125 Å². The number of phenols is 1. The first-order valence-corrected chi connectivity index (χ1v) is 7.06. The molecule has 1 aliphatic carbocycles. The lowest BCUT2D eigenvalue weighted by Gasteiger charge is -2.18. The van der Waals surface area contributed by atoms with Crippen molar-refractivity contribution in [3.63, 3.8) is 0 Å². The maximum atomic E-state index is 11.0. The molecule has 0 amide bonds. The Bertz CT molecular complexity index is 597. The summed E-state index contributed by atoms with van der Waals surface area (Å²) in [4.78, 5) is 11.0. The maximum absolute atomic E-state index is 11.0. The fourth-order valence-corrected chi connectivity index (χ4v) is 2.49. The minimum atomic E-state index is -0.442. The van der Waals surface area contributed by atoms with Gasteiger partial charge < -0.3 is 9.84 Å². The number of hydrogen-bond donors (Lipinski definition) is 1. The number of carbonyl (C=O) groups is 1. The molecule has 0 saturated heterocycles. The smallest absolute Gasteiger partial charge is 0.330 e. The molecule has 1 unspecified atom stereocenters. The molecular weight excluding hydrogens is 264 g/mol. The van der Waals surface area contributed by atoms with Crippen LogP contribution in [0, 0.1) is 6.92 Å². The van der Waals surface area contributed by atoms with Crippen molar-refractivity contribution in [3.05, 3.63) is 65.8 Å². The molecule has 0 aliphatic heterocycles. The zero-order chi connectivity index (χ0) is 15.2. The van der Waals surface area contributed by atoms with Crippen molar-refractivity contribution < 1.29 is 14.6 Å². The standard InChI is InChI=1S/C18H20O3/c1-3-17(19)21-10-9-15-11-13(2)12-16(18(15)20)14-7-5-4-6-8-14/h3-7,11-12,14,20H,1,8-10H2,2H3. The molecule has 3 heteroatoms. The van der Waals surface area contributed by atoms with Crippen molar-refractivity contribution in [1.29, 1.82) is 0 Å². The van der Waals surface area contributed by atoms with Crippen LogP contribution in [0.4, 0.5) is 0 Å². The third kappa shape index (κ3) is 3.85. The van der Waals surface area contributed by atoms with Crippen molar-refractivity contribution in [2.75, 3.05) is 6.61 Å². The second kappa shape index (κ2) is 6.93. The van der Waals surface area contributed by atoms with Crippen molar-refractivity contribution in [2.45, 2.75) is 25.7 Å². The van der Waals surface area contributed by atoms with E-state index in [9.17, 15) is 9.90 Å². The Morgan fingerprint density at radius 2 is 2.29 bits per heavy atom. The zero-order valence-corrected chi connectivity index (χ0v) is 12.2. The van der Waals surface area contributed by atoms with E-state index < -0.39 is 5.97 Å². The normalized spacial score (nSPS) is 16.7. The Morgan fingerprint density at radius 3 is 2.95 bits per heavy atom. The monoisotopic (exact) mass is 284 g/mol. The van der Waals surface area contributed by atoms with Crippen molar-refractivity contribution in [3.8, 4) is 5.75 Å². The van der Waals surface area contributed by atoms with Crippen LogP contribution in [0.1, 0.15) is 29.0 Å². The van der Waals surface area contributed by atoms with Gasteiger partial charge in [0.05, 0.1) is 6.61 Å². The Hall–Kier alpha value is -2.29. The highest BCUT2D eigenvalue weighted by atomic mass is 16.5. The van der Waals surface area contributed by atoms with E-state index in [-0.39, 0.29) is 12.5 Å². The summed E-state index contributed by atoms with van der Waals surface area (Å²) in [5.74, 6) is 0.0623. The second-order valence-corrected chi connectivity index (χ2v) is 5.14. The lowest BCUT2D eigenvalue weighted by molar-refractivity contribution is -0.137. The summed E-state index contributed by atoms with van der Waals surface area (Å²) in [6.45, 7) is 5.60. The van der Waals surface area contributed by atoms with Crippen LogP contribution >= 0.6 is 0 Å². The first kappa shape index (κ1) is 15.1. The number of esters is 1. The van der Waals surface area contributed by atoms with E-state index in [1.54, 1.807) is 0 Å². The first-order valence-electron chi connectivity index (χ1n) is 7.06. The van der Waals surface area contributed by atoms with E-state index in [0.717, 1.165) is 29.2 Å². The Morgan fingerprint density at radius 1 is 1.48 bits per heavy atom. The van der Waals surface area contributed by atoms with Crippen molar-refractivity contribution in [2.24, 2.45) is 0 Å². The fourth-order valence-electron chi connectivity index (χ4n) is 2.49. The van der Waals surface area contributed by atoms with Crippen LogP contribution in [0.3, 0.4) is 0 Å². The highest BCUT2D eigenvalue weighted by molar-refractivity contribution is 5.81. The number of rotatable bonds is 5. The van der Waals surface area contributed by atoms with Crippen LogP contribution in [0.5, 0.6) is 5.75 Å². The van der Waals surface area contributed by atoms with Gasteiger partial charge in [-0.3, -0.25) is 0 Å². The van der Waals surface area contributed by atoms with Crippen LogP contribution in [0.15, 0.2) is 49.1 Å². The van der Waals surface area contributed by atoms with Crippen LogP contribution in [0.25, 0.3) is 0 Å². The molecule has 0 heterocycles. The summed E-state index contributed by atoms with van der Waals surface area (Å²) >= 11 is 0. The predicted octanol–water partition coefficient (Wildman–Crippen LogP) is 3.57. The van der Waals surface area contributed by atoms with Gasteiger partial charge in [-0.1, -0.05) is 48.6 Å². The van der Waals surface area contributed by atoms with E-state index >= 15 is 0 Å². The molecule has 0 aromatic heterocycles. The van der Waals surface area contributed by atoms with Gasteiger partial charge in [0.25, 0.3) is 0 Å². The lowest BCUT2D eigenvalue weighted by atomic mass is 9.89. The summed E-state index contributed by atoms with van der Waals surface area (Å²) < 4.78 is 4.98. The molecule has 0 saturated carbocycles. The summed E-state index contributed by atoms with van der Waals surface area (Å²) in [7, 11) is 0. The summed E-state index contributed by atoms with van der Waals surface area (Å²) in [6, 6.07) is 3.95. The molecule has 1 aromatic carbocycles. The lowest BCUT2D eigenvalue weighted by Crippen LogP contribution is -2.06. The molecule has 0 fully saturated rings. The summed E-state index contributed by atoms with van der Waals surface area (Å²) in [5.41, 5.74) is 2.83. The molecule has 1 atom stereocenters. The molecule has 21 heavy (non-hydrogen) atoms. The van der Waals surface area contributed by atoms with E-state index in [0.29, 0.717) is 12.2 Å². The number of aromatic hydroxyl groups is 1. The fraction of sp³-hybridized carbons (Fsp3) is 0.278. The molecule has 0 radical (unpaired) electrons. The number of hydrogen-bond acceptors (Lipinski definition) is 3. The van der Waals surface area contributed by atoms with Gasteiger partial charge in [-0.05, 0) is 18.9 Å². The zero-order valence-electron chi connectivity index (χ0n) is 12.2. The van der Waals surface area contributed by atoms with Gasteiger partial charge >= 0.3 is 5.97 Å². The molecular formula is C18H20O3. The molecule has 1 aliphatic rings. The van der Waals surface area contributed by atoms with Crippen LogP contribution in [0.2, 0.25) is 0 Å². The molecule has 1 aromatic rings. The molecule has 0 spiro atoms. The topological polar surface area (TPSA) is 46.5 Å². The molecule has 1 N–H and O–H groups in total. The summed E-state index contributed by atoms with van der Waals surface area (Å²) in [6.07, 6.45) is 10.7. The third-order valence-corrected chi connectivity index (χ3v) is 3.53. The predicted molar refractivity (Wildman–Crippen MR) is 83.3 cm³/mol. The second-order valence-electron chi connectivity index (χ2n) is 5.14. The molecule has 2 rings (SSSR count). The number of carbonyl (C=O) groups excluding carboxylic acids is 1. The summed E-state index contributed by atoms with van der Waals surface area (Å²) in [5, 5.41) is 10.5. The number of phenolic OH excluding ortho intramolecular Hbond substituents is 1. The van der Waals surface area contributed by atoms with E-state index in [1.165, 1.54) is 0 Å². The maximum Gasteiger partial charge on any atom is 0.330 e. The number of benzene rings is 1. The van der Waals surface area contributed by atoms with Crippen LogP contribution in [-0.2, 0) is 16.0 Å². The van der Waals surface area contributed by atoms with Crippen molar-refractivity contribution >= 4 is 5.97 Å². The van der Waals surface area contributed by atoms with Crippen molar-refractivity contribution in [1.82, 2.24) is 0 Å². The minimum absolute atomic E-state index is 0.198. The van der Waals surface area contributed by atoms with Gasteiger partial charge in [0.1, 0.15) is 5.75 Å². The number of ether oxygens (including phenoxy) is 1. The molecule has 3 nitrogen and oxygen atoms in total. The van der Waals surface area contributed by atoms with E-state index in [2.05, 4.69) is 18.7 Å². The first-order chi connectivity index (χ1) is 10.1. The number of aryl methyl sites for hydroxylation is 1. The van der Waals surface area contributed by atoms with Gasteiger partial charge in [-0.2, -0.15) is 0 Å². The molecule has 110 valence electrons. The SMILES string of the molecule is C=CC(=O)OCCc1cc(C)cc(C2C=CC=CC2)c1O. The Kier molecular flexibility index (Phi) is 4.99. The minimum Gasteiger partial charge on any atom is -0.507 e. The largest absolute Gasteiger partial charge is 0.507 e. The Balaban J connectivity index is 2.16. The highest BCUT2D eigenvalue weighted by Crippen LogP contribution is 2.35.